The molecule has 0 saturated heterocycles. The molecule has 0 amide bonds. The van der Waals surface area contributed by atoms with Gasteiger partial charge in [0.15, 0.2) is 0 Å². The smallest absolute Gasteiger partial charge is 0.0406 e. The van der Waals surface area contributed by atoms with Crippen molar-refractivity contribution in [2.24, 2.45) is 0 Å². The zero-order valence-electron chi connectivity index (χ0n) is 9.22. The minimum Gasteiger partial charge on any atom is -0.317 e. The van der Waals surface area contributed by atoms with Gasteiger partial charge in [-0.3, -0.25) is 0 Å². The molecule has 2 nitrogen and oxygen atoms in total. The van der Waals surface area contributed by atoms with E-state index in [0.29, 0.717) is 0 Å². The average molecular weight is 227 g/mol. The van der Waals surface area contributed by atoms with E-state index < -0.39 is 0 Å². The molecule has 0 spiro atoms. The third-order valence-electron chi connectivity index (χ3n) is 2.20. The van der Waals surface area contributed by atoms with Crippen molar-refractivity contribution in [3.05, 3.63) is 34.9 Å². The van der Waals surface area contributed by atoms with E-state index in [4.69, 9.17) is 11.6 Å². The van der Waals surface area contributed by atoms with Gasteiger partial charge in [0.1, 0.15) is 0 Å². The summed E-state index contributed by atoms with van der Waals surface area (Å²) in [5.74, 6) is 0. The lowest BCUT2D eigenvalue weighted by Crippen LogP contribution is -2.21. The van der Waals surface area contributed by atoms with Crippen molar-refractivity contribution >= 4 is 11.6 Å². The minimum atomic E-state index is 0.797. The van der Waals surface area contributed by atoms with Crippen molar-refractivity contribution in [2.75, 3.05) is 19.6 Å². The number of hydrogen-bond donors (Lipinski definition) is 2. The first-order chi connectivity index (χ1) is 7.33. The summed E-state index contributed by atoms with van der Waals surface area (Å²) in [7, 11) is 0. The van der Waals surface area contributed by atoms with E-state index in [1.165, 1.54) is 12.0 Å². The lowest BCUT2D eigenvalue weighted by molar-refractivity contribution is 0.606. The summed E-state index contributed by atoms with van der Waals surface area (Å²) < 4.78 is 0. The maximum atomic E-state index is 5.80. The highest BCUT2D eigenvalue weighted by Crippen LogP contribution is 2.08. The fourth-order valence-corrected chi connectivity index (χ4v) is 1.48. The predicted molar refractivity (Wildman–Crippen MR) is 66.3 cm³/mol. The maximum absolute atomic E-state index is 5.80. The van der Waals surface area contributed by atoms with Crippen LogP contribution in [0.3, 0.4) is 0 Å². The van der Waals surface area contributed by atoms with Gasteiger partial charge < -0.3 is 10.6 Å². The molecule has 0 unspecified atom stereocenters. The van der Waals surface area contributed by atoms with E-state index >= 15 is 0 Å². The highest BCUT2D eigenvalue weighted by atomic mass is 35.5. The second kappa shape index (κ2) is 7.69. The van der Waals surface area contributed by atoms with Crippen molar-refractivity contribution in [3.8, 4) is 0 Å². The summed E-state index contributed by atoms with van der Waals surface area (Å²) in [4.78, 5) is 0. The Hall–Kier alpha value is -0.570. The maximum Gasteiger partial charge on any atom is 0.0406 e. The van der Waals surface area contributed by atoms with Crippen LogP contribution in [0.5, 0.6) is 0 Å². The van der Waals surface area contributed by atoms with Gasteiger partial charge in [0.05, 0.1) is 0 Å². The predicted octanol–water partition coefficient (Wildman–Crippen LogP) is 2.43. The molecule has 84 valence electrons. The third-order valence-corrected chi connectivity index (χ3v) is 2.45. The monoisotopic (exact) mass is 226 g/mol. The Balaban J connectivity index is 2.07. The Morgan fingerprint density at radius 3 is 2.40 bits per heavy atom. The van der Waals surface area contributed by atoms with Crippen LogP contribution < -0.4 is 10.6 Å². The Kier molecular flexibility index (Phi) is 6.41. The lowest BCUT2D eigenvalue weighted by atomic mass is 10.2. The number of benzene rings is 1. The van der Waals surface area contributed by atoms with E-state index in [0.717, 1.165) is 31.2 Å². The second-order valence-corrected chi connectivity index (χ2v) is 3.95. The first-order valence-corrected chi connectivity index (χ1v) is 5.86. The van der Waals surface area contributed by atoms with Gasteiger partial charge in [-0.1, -0.05) is 30.7 Å². The van der Waals surface area contributed by atoms with Crippen LogP contribution in [0, 0.1) is 0 Å². The van der Waals surface area contributed by atoms with Gasteiger partial charge in [-0.05, 0) is 43.8 Å². The van der Waals surface area contributed by atoms with Crippen LogP contribution in [0.4, 0.5) is 0 Å². The molecule has 0 aromatic heterocycles. The first kappa shape index (κ1) is 12.5. The number of hydrogen-bond acceptors (Lipinski definition) is 2. The quantitative estimate of drug-likeness (QED) is 0.698. The van der Waals surface area contributed by atoms with Gasteiger partial charge >= 0.3 is 0 Å². The van der Waals surface area contributed by atoms with Crippen LogP contribution in [0.2, 0.25) is 5.02 Å². The van der Waals surface area contributed by atoms with Crippen molar-refractivity contribution in [2.45, 2.75) is 19.9 Å². The molecule has 0 radical (unpaired) electrons. The van der Waals surface area contributed by atoms with Crippen molar-refractivity contribution in [3.63, 3.8) is 0 Å². The number of rotatable bonds is 7. The molecule has 0 aliphatic heterocycles. The van der Waals surface area contributed by atoms with Gasteiger partial charge in [0, 0.05) is 11.6 Å². The molecular weight excluding hydrogens is 208 g/mol. The lowest BCUT2D eigenvalue weighted by Gasteiger charge is -2.05. The summed E-state index contributed by atoms with van der Waals surface area (Å²) in [6.45, 7) is 6.24. The first-order valence-electron chi connectivity index (χ1n) is 5.49. The summed E-state index contributed by atoms with van der Waals surface area (Å²) in [5, 5.41) is 7.49. The fourth-order valence-electron chi connectivity index (χ4n) is 1.35. The SMILES string of the molecule is CCNCCCNCc1ccc(Cl)cc1. The van der Waals surface area contributed by atoms with Crippen LogP contribution in [0.15, 0.2) is 24.3 Å². The van der Waals surface area contributed by atoms with Crippen LogP contribution in [-0.2, 0) is 6.54 Å². The summed E-state index contributed by atoms with van der Waals surface area (Å²) >= 11 is 5.80. The van der Waals surface area contributed by atoms with Crippen LogP contribution in [0.1, 0.15) is 18.9 Å². The molecule has 0 fully saturated rings. The van der Waals surface area contributed by atoms with Gasteiger partial charge in [-0.2, -0.15) is 0 Å². The number of halogens is 1. The minimum absolute atomic E-state index is 0.797. The van der Waals surface area contributed by atoms with Gasteiger partial charge in [-0.25, -0.2) is 0 Å². The molecule has 15 heavy (non-hydrogen) atoms. The molecule has 1 rings (SSSR count). The van der Waals surface area contributed by atoms with Gasteiger partial charge in [-0.15, -0.1) is 0 Å². The van der Waals surface area contributed by atoms with E-state index in [-0.39, 0.29) is 0 Å². The Morgan fingerprint density at radius 2 is 1.73 bits per heavy atom. The van der Waals surface area contributed by atoms with Crippen molar-refractivity contribution < 1.29 is 0 Å². The van der Waals surface area contributed by atoms with E-state index in [1.54, 1.807) is 0 Å². The summed E-state index contributed by atoms with van der Waals surface area (Å²) in [6.07, 6.45) is 1.17. The highest BCUT2D eigenvalue weighted by molar-refractivity contribution is 6.30. The Bertz CT molecular complexity index is 259. The Morgan fingerprint density at radius 1 is 1.07 bits per heavy atom. The van der Waals surface area contributed by atoms with Crippen LogP contribution in [0.25, 0.3) is 0 Å². The molecular formula is C12H19ClN2. The van der Waals surface area contributed by atoms with Crippen molar-refractivity contribution in [1.82, 2.24) is 10.6 Å². The van der Waals surface area contributed by atoms with E-state index in [2.05, 4.69) is 29.7 Å². The normalized spacial score (nSPS) is 10.5. The molecule has 0 heterocycles. The third kappa shape index (κ3) is 5.78. The summed E-state index contributed by atoms with van der Waals surface area (Å²) in [6, 6.07) is 7.97. The molecule has 3 heteroatoms. The molecule has 1 aromatic rings. The van der Waals surface area contributed by atoms with Crippen LogP contribution in [-0.4, -0.2) is 19.6 Å². The average Bonchev–Trinajstić information content (AvgIpc) is 2.26. The number of nitrogens with one attached hydrogen (secondary N) is 2. The Labute approximate surface area is 97.0 Å². The second-order valence-electron chi connectivity index (χ2n) is 3.51. The molecule has 0 saturated carbocycles. The van der Waals surface area contributed by atoms with Gasteiger partial charge in [0.25, 0.3) is 0 Å². The fraction of sp³-hybridized carbons (Fsp3) is 0.500. The standard InChI is InChI=1S/C12H19ClN2/c1-2-14-8-3-9-15-10-11-4-6-12(13)7-5-11/h4-7,14-15H,2-3,8-10H2,1H3. The van der Waals surface area contributed by atoms with Crippen LogP contribution >= 0.6 is 11.6 Å². The van der Waals surface area contributed by atoms with Gasteiger partial charge in [0.2, 0.25) is 0 Å². The van der Waals surface area contributed by atoms with E-state index in [1.807, 2.05) is 12.1 Å². The zero-order valence-corrected chi connectivity index (χ0v) is 9.98. The van der Waals surface area contributed by atoms with Crippen molar-refractivity contribution in [1.29, 1.82) is 0 Å². The topological polar surface area (TPSA) is 24.1 Å². The molecule has 1 aromatic carbocycles. The molecule has 0 bridgehead atoms. The molecule has 0 aliphatic rings. The van der Waals surface area contributed by atoms with E-state index in [9.17, 15) is 0 Å². The molecule has 0 aliphatic carbocycles. The molecule has 2 N–H and O–H groups in total. The largest absolute Gasteiger partial charge is 0.317 e. The molecule has 0 atom stereocenters. The summed E-state index contributed by atoms with van der Waals surface area (Å²) in [5.41, 5.74) is 1.28. The highest BCUT2D eigenvalue weighted by Gasteiger charge is 1.92. The zero-order chi connectivity index (χ0) is 10.9.